The fraction of sp³-hybridized carbons (Fsp3) is 0.381. The van der Waals surface area contributed by atoms with Gasteiger partial charge < -0.3 is 4.74 Å². The van der Waals surface area contributed by atoms with E-state index in [2.05, 4.69) is 16.4 Å². The molecule has 6 heteroatoms. The summed E-state index contributed by atoms with van der Waals surface area (Å²) in [5, 5.41) is 0. The van der Waals surface area contributed by atoms with Gasteiger partial charge in [-0.25, -0.2) is 13.1 Å². The van der Waals surface area contributed by atoms with E-state index in [1.807, 2.05) is 45.0 Å². The van der Waals surface area contributed by atoms with Crippen LogP contribution in [0.4, 0.5) is 0 Å². The number of nitrogens with one attached hydrogen (secondary N) is 1. The van der Waals surface area contributed by atoms with Crippen molar-refractivity contribution in [3.63, 3.8) is 0 Å². The zero-order valence-corrected chi connectivity index (χ0v) is 17.2. The second kappa shape index (κ2) is 9.15. The summed E-state index contributed by atoms with van der Waals surface area (Å²) in [6, 6.07) is 14.0. The van der Waals surface area contributed by atoms with Crippen molar-refractivity contribution in [1.29, 1.82) is 0 Å². The van der Waals surface area contributed by atoms with Gasteiger partial charge in [0.2, 0.25) is 10.0 Å². The number of rotatable bonds is 9. The van der Waals surface area contributed by atoms with E-state index in [0.29, 0.717) is 6.42 Å². The lowest BCUT2D eigenvalue weighted by molar-refractivity contribution is 0.397. The molecule has 2 rings (SSSR count). The Kier molecular flexibility index (Phi) is 7.16. The van der Waals surface area contributed by atoms with Crippen molar-refractivity contribution in [3.05, 3.63) is 59.7 Å². The van der Waals surface area contributed by atoms with E-state index < -0.39 is 10.0 Å². The van der Waals surface area contributed by atoms with E-state index in [4.69, 9.17) is 4.74 Å². The predicted octanol–water partition coefficient (Wildman–Crippen LogP) is 4.14. The SMILES string of the molecule is C=N[C@@H](C[C@@H](NS(=O)(=O)c1ccc(C)cc1)C(C)C)c1ccc(OC)cc1. The summed E-state index contributed by atoms with van der Waals surface area (Å²) in [6.07, 6.45) is 0.526. The highest BCUT2D eigenvalue weighted by molar-refractivity contribution is 7.89. The van der Waals surface area contributed by atoms with E-state index >= 15 is 0 Å². The quantitative estimate of drug-likeness (QED) is 0.657. The molecule has 0 heterocycles. The van der Waals surface area contributed by atoms with Crippen molar-refractivity contribution in [1.82, 2.24) is 4.72 Å². The molecule has 146 valence electrons. The Balaban J connectivity index is 2.20. The van der Waals surface area contributed by atoms with Crippen LogP contribution < -0.4 is 9.46 Å². The Hall–Kier alpha value is -2.18. The molecule has 0 saturated carbocycles. The maximum absolute atomic E-state index is 12.8. The van der Waals surface area contributed by atoms with Crippen LogP contribution >= 0.6 is 0 Å². The third-order valence-corrected chi connectivity index (χ3v) is 6.15. The first-order valence-electron chi connectivity index (χ1n) is 8.95. The number of methoxy groups -OCH3 is 1. The molecule has 0 amide bonds. The zero-order valence-electron chi connectivity index (χ0n) is 16.3. The van der Waals surface area contributed by atoms with E-state index in [-0.39, 0.29) is 22.9 Å². The lowest BCUT2D eigenvalue weighted by Gasteiger charge is -2.25. The van der Waals surface area contributed by atoms with Crippen LogP contribution in [0.25, 0.3) is 0 Å². The minimum absolute atomic E-state index is 0.104. The van der Waals surface area contributed by atoms with Gasteiger partial charge in [0.15, 0.2) is 0 Å². The summed E-state index contributed by atoms with van der Waals surface area (Å²) >= 11 is 0. The van der Waals surface area contributed by atoms with Gasteiger partial charge in [0.25, 0.3) is 0 Å². The number of ether oxygens (including phenoxy) is 1. The Labute approximate surface area is 162 Å². The van der Waals surface area contributed by atoms with Gasteiger partial charge in [-0.3, -0.25) is 4.99 Å². The van der Waals surface area contributed by atoms with Crippen LogP contribution in [0, 0.1) is 12.8 Å². The Morgan fingerprint density at radius 3 is 2.15 bits per heavy atom. The first kappa shape index (κ1) is 21.1. The number of aliphatic imine (C=N–C) groups is 1. The van der Waals surface area contributed by atoms with Crippen LogP contribution in [0.5, 0.6) is 5.75 Å². The molecule has 0 aliphatic carbocycles. The van der Waals surface area contributed by atoms with Crippen LogP contribution in [-0.2, 0) is 10.0 Å². The van der Waals surface area contributed by atoms with E-state index in [1.165, 1.54) is 0 Å². The third kappa shape index (κ3) is 5.65. The number of nitrogens with zero attached hydrogens (tertiary/aromatic N) is 1. The molecule has 0 radical (unpaired) electrons. The smallest absolute Gasteiger partial charge is 0.240 e. The topological polar surface area (TPSA) is 67.8 Å². The average molecular weight is 389 g/mol. The highest BCUT2D eigenvalue weighted by atomic mass is 32.2. The van der Waals surface area contributed by atoms with Gasteiger partial charge in [0.05, 0.1) is 18.0 Å². The number of hydrogen-bond donors (Lipinski definition) is 1. The number of aryl methyl sites for hydroxylation is 1. The Morgan fingerprint density at radius 1 is 1.07 bits per heavy atom. The normalized spacial score (nSPS) is 14.0. The monoisotopic (exact) mass is 388 g/mol. The first-order chi connectivity index (χ1) is 12.8. The van der Waals surface area contributed by atoms with Crippen molar-refractivity contribution in [2.75, 3.05) is 7.11 Å². The molecule has 0 spiro atoms. The molecule has 0 aliphatic rings. The second-order valence-electron chi connectivity index (χ2n) is 6.99. The summed E-state index contributed by atoms with van der Waals surface area (Å²) in [5.74, 6) is 0.870. The molecule has 27 heavy (non-hydrogen) atoms. The van der Waals surface area contributed by atoms with Crippen LogP contribution in [0.3, 0.4) is 0 Å². The predicted molar refractivity (Wildman–Crippen MR) is 110 cm³/mol. The molecule has 0 unspecified atom stereocenters. The van der Waals surface area contributed by atoms with Crippen molar-refractivity contribution < 1.29 is 13.2 Å². The molecule has 0 saturated heterocycles. The lowest BCUT2D eigenvalue weighted by atomic mass is 9.94. The third-order valence-electron chi connectivity index (χ3n) is 4.64. The van der Waals surface area contributed by atoms with Gasteiger partial charge in [0, 0.05) is 6.04 Å². The summed E-state index contributed by atoms with van der Waals surface area (Å²) in [4.78, 5) is 4.49. The van der Waals surface area contributed by atoms with E-state index in [9.17, 15) is 8.42 Å². The van der Waals surface area contributed by atoms with E-state index in [0.717, 1.165) is 16.9 Å². The minimum atomic E-state index is -3.60. The van der Waals surface area contributed by atoms with Crippen LogP contribution in [0.2, 0.25) is 0 Å². The molecule has 5 nitrogen and oxygen atoms in total. The molecular weight excluding hydrogens is 360 g/mol. The second-order valence-corrected chi connectivity index (χ2v) is 8.71. The summed E-state index contributed by atoms with van der Waals surface area (Å²) in [5.41, 5.74) is 2.00. The van der Waals surface area contributed by atoms with Crippen molar-refractivity contribution in [3.8, 4) is 5.75 Å². The van der Waals surface area contributed by atoms with Crippen LogP contribution in [-0.4, -0.2) is 28.3 Å². The van der Waals surface area contributed by atoms with Gasteiger partial charge in [-0.15, -0.1) is 0 Å². The number of benzene rings is 2. The molecule has 0 fully saturated rings. The van der Waals surface area contributed by atoms with Crippen LogP contribution in [0.15, 0.2) is 58.4 Å². The average Bonchev–Trinajstić information content (AvgIpc) is 2.65. The highest BCUT2D eigenvalue weighted by Gasteiger charge is 2.25. The summed E-state index contributed by atoms with van der Waals surface area (Å²) < 4.78 is 33.6. The first-order valence-corrected chi connectivity index (χ1v) is 10.4. The fourth-order valence-electron chi connectivity index (χ4n) is 2.82. The van der Waals surface area contributed by atoms with Gasteiger partial charge in [-0.2, -0.15) is 0 Å². The van der Waals surface area contributed by atoms with Gasteiger partial charge in [-0.05, 0) is 55.8 Å². The van der Waals surface area contributed by atoms with Gasteiger partial charge in [0.1, 0.15) is 5.75 Å². The fourth-order valence-corrected chi connectivity index (χ4v) is 4.22. The van der Waals surface area contributed by atoms with Gasteiger partial charge >= 0.3 is 0 Å². The maximum atomic E-state index is 12.8. The number of hydrogen-bond acceptors (Lipinski definition) is 4. The molecule has 2 aromatic carbocycles. The molecule has 2 atom stereocenters. The molecule has 0 aromatic heterocycles. The van der Waals surface area contributed by atoms with Crippen molar-refractivity contribution in [2.45, 2.75) is 44.2 Å². The zero-order chi connectivity index (χ0) is 20.0. The molecule has 2 aromatic rings. The maximum Gasteiger partial charge on any atom is 0.240 e. The van der Waals surface area contributed by atoms with E-state index in [1.54, 1.807) is 31.4 Å². The Bertz CT molecular complexity index is 844. The highest BCUT2D eigenvalue weighted by Crippen LogP contribution is 2.27. The minimum Gasteiger partial charge on any atom is -0.497 e. The molecule has 0 aliphatic heterocycles. The molecular formula is C21H28N2O3S. The molecule has 1 N–H and O–H groups in total. The summed E-state index contributed by atoms with van der Waals surface area (Å²) in [6.45, 7) is 9.62. The summed E-state index contributed by atoms with van der Waals surface area (Å²) in [7, 11) is -1.98. The van der Waals surface area contributed by atoms with Crippen LogP contribution in [0.1, 0.15) is 37.4 Å². The van der Waals surface area contributed by atoms with Crippen molar-refractivity contribution in [2.24, 2.45) is 10.9 Å². The lowest BCUT2D eigenvalue weighted by Crippen LogP contribution is -2.39. The van der Waals surface area contributed by atoms with Crippen molar-refractivity contribution >= 4 is 16.7 Å². The molecule has 0 bridgehead atoms. The standard InChI is InChI=1S/C21H28N2O3S/c1-15(2)20(23-27(24,25)19-12-6-16(3)7-13-19)14-21(22-4)17-8-10-18(26-5)11-9-17/h6-13,15,20-21,23H,4,14H2,1-3,5H3/t20-,21+/m1/s1. The largest absolute Gasteiger partial charge is 0.497 e. The Morgan fingerprint density at radius 2 is 1.67 bits per heavy atom. The van der Waals surface area contributed by atoms with Gasteiger partial charge in [-0.1, -0.05) is 43.7 Å². The number of sulfonamides is 1.